The van der Waals surface area contributed by atoms with E-state index in [-0.39, 0.29) is 5.88 Å². The van der Waals surface area contributed by atoms with E-state index in [4.69, 9.17) is 11.6 Å². The molecule has 1 atom stereocenters. The number of nitrogens with zero attached hydrogens (tertiary/aromatic N) is 1. The summed E-state index contributed by atoms with van der Waals surface area (Å²) in [6, 6.07) is 1.51. The molecule has 0 aliphatic heterocycles. The van der Waals surface area contributed by atoms with Crippen molar-refractivity contribution in [3.63, 3.8) is 0 Å². The van der Waals surface area contributed by atoms with E-state index in [1.807, 2.05) is 0 Å². The zero-order valence-electron chi connectivity index (χ0n) is 8.07. The molecule has 0 bridgehead atoms. The Morgan fingerprint density at radius 1 is 1.57 bits per heavy atom. The van der Waals surface area contributed by atoms with Crippen LogP contribution in [-0.2, 0) is 9.84 Å². The van der Waals surface area contributed by atoms with Crippen molar-refractivity contribution in [3.05, 3.63) is 24.0 Å². The topological polar surface area (TPSA) is 47.0 Å². The maximum absolute atomic E-state index is 11.9. The minimum atomic E-state index is -3.29. The number of sulfone groups is 1. The van der Waals surface area contributed by atoms with Crippen LogP contribution in [0.5, 0.6) is 0 Å². The molecule has 0 aliphatic carbocycles. The van der Waals surface area contributed by atoms with Crippen LogP contribution in [-0.4, -0.2) is 24.5 Å². The Morgan fingerprint density at radius 2 is 2.21 bits per heavy atom. The molecule has 3 nitrogen and oxygen atoms in total. The van der Waals surface area contributed by atoms with Crippen molar-refractivity contribution in [3.8, 4) is 0 Å². The summed E-state index contributed by atoms with van der Waals surface area (Å²) in [5.74, 6) is 0.101. The van der Waals surface area contributed by atoms with Gasteiger partial charge in [0.15, 0.2) is 9.84 Å². The fraction of sp³-hybridized carbons (Fsp3) is 0.444. The monoisotopic (exact) mass is 233 g/mol. The molecule has 0 amide bonds. The van der Waals surface area contributed by atoms with Crippen molar-refractivity contribution in [1.82, 2.24) is 4.98 Å². The summed E-state index contributed by atoms with van der Waals surface area (Å²) in [5, 5.41) is -0.565. The molecule has 14 heavy (non-hydrogen) atoms. The molecule has 1 aromatic heterocycles. The standard InChI is InChI=1S/C9H12ClNO2S/c1-7-6-11-4-3-9(7)14(12,13)8(2)5-10/h3-4,6,8H,5H2,1-2H3. The summed E-state index contributed by atoms with van der Waals surface area (Å²) >= 11 is 5.54. The van der Waals surface area contributed by atoms with Crippen LogP contribution in [0, 0.1) is 6.92 Å². The number of alkyl halides is 1. The van der Waals surface area contributed by atoms with E-state index in [9.17, 15) is 8.42 Å². The molecule has 0 aliphatic rings. The van der Waals surface area contributed by atoms with Crippen LogP contribution in [0.2, 0.25) is 0 Å². The van der Waals surface area contributed by atoms with Crippen LogP contribution in [0.3, 0.4) is 0 Å². The second-order valence-corrected chi connectivity index (χ2v) is 5.79. The van der Waals surface area contributed by atoms with Gasteiger partial charge in [-0.25, -0.2) is 8.42 Å². The number of rotatable bonds is 3. The Labute approximate surface area is 89.0 Å². The molecular formula is C9H12ClNO2S. The van der Waals surface area contributed by atoms with E-state index in [0.29, 0.717) is 10.5 Å². The lowest BCUT2D eigenvalue weighted by atomic mass is 10.3. The molecule has 0 saturated heterocycles. The van der Waals surface area contributed by atoms with Crippen LogP contribution in [0.15, 0.2) is 23.4 Å². The maximum Gasteiger partial charge on any atom is 0.182 e. The molecule has 5 heteroatoms. The van der Waals surface area contributed by atoms with Gasteiger partial charge < -0.3 is 0 Å². The lowest BCUT2D eigenvalue weighted by Crippen LogP contribution is -2.20. The van der Waals surface area contributed by atoms with Gasteiger partial charge in [0.2, 0.25) is 0 Å². The van der Waals surface area contributed by atoms with E-state index in [2.05, 4.69) is 4.98 Å². The zero-order valence-corrected chi connectivity index (χ0v) is 9.64. The van der Waals surface area contributed by atoms with Gasteiger partial charge in [0, 0.05) is 18.3 Å². The number of hydrogen-bond acceptors (Lipinski definition) is 3. The van der Waals surface area contributed by atoms with Crippen LogP contribution in [0.1, 0.15) is 12.5 Å². The van der Waals surface area contributed by atoms with Crippen LogP contribution in [0.4, 0.5) is 0 Å². The van der Waals surface area contributed by atoms with E-state index in [0.717, 1.165) is 0 Å². The normalized spacial score (nSPS) is 13.9. The van der Waals surface area contributed by atoms with Crippen molar-refractivity contribution in [2.24, 2.45) is 0 Å². The number of hydrogen-bond donors (Lipinski definition) is 0. The Morgan fingerprint density at radius 3 is 2.71 bits per heavy atom. The van der Waals surface area contributed by atoms with Gasteiger partial charge in [-0.3, -0.25) is 4.98 Å². The number of halogens is 1. The molecule has 78 valence electrons. The van der Waals surface area contributed by atoms with Gasteiger partial charge in [-0.1, -0.05) is 0 Å². The molecule has 1 heterocycles. The molecule has 1 unspecified atom stereocenters. The van der Waals surface area contributed by atoms with Gasteiger partial charge in [-0.2, -0.15) is 0 Å². The second-order valence-electron chi connectivity index (χ2n) is 3.15. The smallest absolute Gasteiger partial charge is 0.182 e. The van der Waals surface area contributed by atoms with Gasteiger partial charge in [-0.05, 0) is 25.5 Å². The minimum Gasteiger partial charge on any atom is -0.264 e. The van der Waals surface area contributed by atoms with Crippen LogP contribution in [0.25, 0.3) is 0 Å². The highest BCUT2D eigenvalue weighted by atomic mass is 35.5. The first-order valence-electron chi connectivity index (χ1n) is 4.20. The Bertz CT molecular complexity index is 417. The van der Waals surface area contributed by atoms with Gasteiger partial charge in [0.05, 0.1) is 10.1 Å². The first-order chi connectivity index (χ1) is 6.50. The van der Waals surface area contributed by atoms with Crippen LogP contribution >= 0.6 is 11.6 Å². The van der Waals surface area contributed by atoms with E-state index in [1.54, 1.807) is 13.8 Å². The van der Waals surface area contributed by atoms with E-state index in [1.165, 1.54) is 18.5 Å². The third-order valence-corrected chi connectivity index (χ3v) is 4.97. The zero-order chi connectivity index (χ0) is 10.8. The predicted molar refractivity (Wildman–Crippen MR) is 56.3 cm³/mol. The minimum absolute atomic E-state index is 0.101. The molecule has 0 saturated carbocycles. The SMILES string of the molecule is Cc1cnccc1S(=O)(=O)C(C)CCl. The molecule has 0 spiro atoms. The number of aryl methyl sites for hydroxylation is 1. The van der Waals surface area contributed by atoms with Gasteiger partial charge in [0.25, 0.3) is 0 Å². The Kier molecular flexibility index (Phi) is 3.50. The predicted octanol–water partition coefficient (Wildman–Crippen LogP) is 1.79. The average Bonchev–Trinajstić information content (AvgIpc) is 2.17. The van der Waals surface area contributed by atoms with E-state index >= 15 is 0 Å². The van der Waals surface area contributed by atoms with Crippen molar-refractivity contribution in [2.45, 2.75) is 24.0 Å². The Balaban J connectivity index is 3.24. The number of pyridine rings is 1. The average molecular weight is 234 g/mol. The summed E-state index contributed by atoms with van der Waals surface area (Å²) in [6.07, 6.45) is 3.01. The highest BCUT2D eigenvalue weighted by molar-refractivity contribution is 7.92. The summed E-state index contributed by atoms with van der Waals surface area (Å²) in [4.78, 5) is 4.17. The van der Waals surface area contributed by atoms with Crippen LogP contribution < -0.4 is 0 Å². The first-order valence-corrected chi connectivity index (χ1v) is 6.28. The van der Waals surface area contributed by atoms with Crippen molar-refractivity contribution < 1.29 is 8.42 Å². The first kappa shape index (κ1) is 11.5. The maximum atomic E-state index is 11.9. The van der Waals surface area contributed by atoms with Gasteiger partial charge >= 0.3 is 0 Å². The highest BCUT2D eigenvalue weighted by Gasteiger charge is 2.23. The summed E-state index contributed by atoms with van der Waals surface area (Å²) < 4.78 is 23.7. The van der Waals surface area contributed by atoms with E-state index < -0.39 is 15.1 Å². The van der Waals surface area contributed by atoms with Crippen molar-refractivity contribution >= 4 is 21.4 Å². The summed E-state index contributed by atoms with van der Waals surface area (Å²) in [5.41, 5.74) is 0.657. The molecule has 1 rings (SSSR count). The third-order valence-electron chi connectivity index (χ3n) is 2.02. The largest absolute Gasteiger partial charge is 0.264 e. The summed E-state index contributed by atoms with van der Waals surface area (Å²) in [6.45, 7) is 3.32. The fourth-order valence-electron chi connectivity index (χ4n) is 1.08. The van der Waals surface area contributed by atoms with Crippen molar-refractivity contribution in [1.29, 1.82) is 0 Å². The quantitative estimate of drug-likeness (QED) is 0.748. The lowest BCUT2D eigenvalue weighted by molar-refractivity contribution is 0.587. The molecule has 0 fully saturated rings. The molecular weight excluding hydrogens is 222 g/mol. The van der Waals surface area contributed by atoms with Gasteiger partial charge in [-0.15, -0.1) is 11.6 Å². The number of aromatic nitrogens is 1. The summed E-state index contributed by atoms with van der Waals surface area (Å²) in [7, 11) is -3.29. The molecule has 1 aromatic rings. The molecule has 0 aromatic carbocycles. The lowest BCUT2D eigenvalue weighted by Gasteiger charge is -2.11. The van der Waals surface area contributed by atoms with Gasteiger partial charge in [0.1, 0.15) is 0 Å². The Hall–Kier alpha value is -0.610. The molecule has 0 N–H and O–H groups in total. The fourth-order valence-corrected chi connectivity index (χ4v) is 2.93. The third kappa shape index (κ3) is 2.07. The second kappa shape index (κ2) is 4.28. The molecule has 0 radical (unpaired) electrons. The van der Waals surface area contributed by atoms with Crippen molar-refractivity contribution in [2.75, 3.05) is 5.88 Å². The highest BCUT2D eigenvalue weighted by Crippen LogP contribution is 2.19.